The summed E-state index contributed by atoms with van der Waals surface area (Å²) in [6, 6.07) is 9.00. The number of nitrogens with zero attached hydrogens (tertiary/aromatic N) is 4. The number of carbonyl (C=O) groups is 1. The number of piperazine rings is 1. The molecule has 1 aliphatic rings. The molecule has 150 valence electrons. The van der Waals surface area contributed by atoms with E-state index in [1.165, 1.54) is 18.2 Å². The van der Waals surface area contributed by atoms with Gasteiger partial charge in [0.2, 0.25) is 0 Å². The van der Waals surface area contributed by atoms with Crippen LogP contribution < -0.4 is 15.5 Å². The molecule has 3 aromatic rings. The predicted molar refractivity (Wildman–Crippen MR) is 111 cm³/mol. The molecule has 8 nitrogen and oxygen atoms in total. The molecule has 3 N–H and O–H groups in total. The van der Waals surface area contributed by atoms with Crippen molar-refractivity contribution >= 4 is 23.4 Å². The first-order valence-corrected chi connectivity index (χ1v) is 9.36. The molecule has 0 spiro atoms. The number of pyridine rings is 1. The van der Waals surface area contributed by atoms with E-state index in [-0.39, 0.29) is 0 Å². The van der Waals surface area contributed by atoms with Crippen LogP contribution in [0.15, 0.2) is 48.8 Å². The largest absolute Gasteiger partial charge is 0.352 e. The summed E-state index contributed by atoms with van der Waals surface area (Å²) in [5, 5.41) is 12.8. The Balaban J connectivity index is 1.60. The lowest BCUT2D eigenvalue weighted by Gasteiger charge is -2.33. The van der Waals surface area contributed by atoms with Crippen LogP contribution >= 0.6 is 0 Å². The van der Waals surface area contributed by atoms with Gasteiger partial charge in [-0.2, -0.15) is 5.10 Å². The number of amides is 2. The van der Waals surface area contributed by atoms with E-state index in [2.05, 4.69) is 42.7 Å². The number of hydrogen-bond donors (Lipinski definition) is 3. The van der Waals surface area contributed by atoms with Crippen LogP contribution in [-0.2, 0) is 0 Å². The number of urea groups is 1. The summed E-state index contributed by atoms with van der Waals surface area (Å²) in [6.07, 6.45) is 3.40. The van der Waals surface area contributed by atoms with Crippen molar-refractivity contribution in [2.75, 3.05) is 48.8 Å². The number of benzene rings is 1. The standard InChI is InChI=1S/C20H22FN7O/c1-27-9-11-28(12-10-27)19-17(14-5-7-22-8-6-14)18(25-26-19)24-20(29)23-16-4-2-3-15(21)13-16/h2-8,13H,9-12H2,1H3,(H3,23,24,25,26,29). The first-order chi connectivity index (χ1) is 14.1. The summed E-state index contributed by atoms with van der Waals surface area (Å²) >= 11 is 0. The van der Waals surface area contributed by atoms with Gasteiger partial charge in [0.25, 0.3) is 0 Å². The van der Waals surface area contributed by atoms with Crippen LogP contribution in [0.2, 0.25) is 0 Å². The number of nitrogens with one attached hydrogen (secondary N) is 3. The highest BCUT2D eigenvalue weighted by Gasteiger charge is 2.24. The summed E-state index contributed by atoms with van der Waals surface area (Å²) in [5.41, 5.74) is 2.06. The number of aromatic nitrogens is 3. The number of likely N-dealkylation sites (N-methyl/N-ethyl adjacent to an activating group) is 1. The second-order valence-corrected chi connectivity index (χ2v) is 6.91. The Kier molecular flexibility index (Phi) is 5.39. The minimum atomic E-state index is -0.487. The highest BCUT2D eigenvalue weighted by molar-refractivity contribution is 6.02. The first kappa shape index (κ1) is 18.9. The number of rotatable bonds is 4. The Morgan fingerprint density at radius 1 is 1.10 bits per heavy atom. The quantitative estimate of drug-likeness (QED) is 0.632. The topological polar surface area (TPSA) is 89.2 Å². The molecular formula is C20H22FN7O. The fourth-order valence-electron chi connectivity index (χ4n) is 3.30. The summed E-state index contributed by atoms with van der Waals surface area (Å²) in [4.78, 5) is 21.0. The Hall–Kier alpha value is -3.46. The second kappa shape index (κ2) is 8.27. The molecule has 0 unspecified atom stereocenters. The van der Waals surface area contributed by atoms with Gasteiger partial charge in [-0.3, -0.25) is 15.4 Å². The van der Waals surface area contributed by atoms with E-state index in [4.69, 9.17) is 0 Å². The third-order valence-electron chi connectivity index (χ3n) is 4.84. The molecule has 2 amide bonds. The Bertz CT molecular complexity index is 984. The summed E-state index contributed by atoms with van der Waals surface area (Å²) in [6.45, 7) is 3.56. The molecule has 0 radical (unpaired) electrons. The minimum Gasteiger partial charge on any atom is -0.352 e. The minimum absolute atomic E-state index is 0.367. The molecule has 1 aromatic carbocycles. The average molecular weight is 395 g/mol. The summed E-state index contributed by atoms with van der Waals surface area (Å²) < 4.78 is 13.4. The van der Waals surface area contributed by atoms with Crippen molar-refractivity contribution in [3.63, 3.8) is 0 Å². The van der Waals surface area contributed by atoms with Crippen LogP contribution in [0.25, 0.3) is 11.1 Å². The normalized spacial score (nSPS) is 14.6. The molecule has 0 atom stereocenters. The van der Waals surface area contributed by atoms with E-state index in [0.29, 0.717) is 11.5 Å². The zero-order valence-corrected chi connectivity index (χ0v) is 16.0. The van der Waals surface area contributed by atoms with Gasteiger partial charge in [-0.15, -0.1) is 0 Å². The molecule has 0 bridgehead atoms. The number of H-pyrrole nitrogens is 1. The Morgan fingerprint density at radius 2 is 1.86 bits per heavy atom. The molecule has 2 aromatic heterocycles. The van der Waals surface area contributed by atoms with Gasteiger partial charge in [-0.25, -0.2) is 9.18 Å². The number of aromatic amines is 1. The maximum atomic E-state index is 13.4. The maximum Gasteiger partial charge on any atom is 0.324 e. The highest BCUT2D eigenvalue weighted by atomic mass is 19.1. The zero-order valence-electron chi connectivity index (χ0n) is 16.0. The van der Waals surface area contributed by atoms with Gasteiger partial charge in [-0.05, 0) is 42.9 Å². The monoisotopic (exact) mass is 395 g/mol. The van der Waals surface area contributed by atoms with Gasteiger partial charge in [0, 0.05) is 44.3 Å². The van der Waals surface area contributed by atoms with E-state index in [1.54, 1.807) is 18.5 Å². The fraction of sp³-hybridized carbons (Fsp3) is 0.250. The molecule has 1 saturated heterocycles. The fourth-order valence-corrected chi connectivity index (χ4v) is 3.30. The number of carbonyl (C=O) groups excluding carboxylic acids is 1. The van der Waals surface area contributed by atoms with Gasteiger partial charge in [0.1, 0.15) is 11.6 Å². The predicted octanol–water partition coefficient (Wildman–Crippen LogP) is 3.01. The number of hydrogen-bond acceptors (Lipinski definition) is 5. The Morgan fingerprint density at radius 3 is 2.59 bits per heavy atom. The van der Waals surface area contributed by atoms with Crippen molar-refractivity contribution in [2.45, 2.75) is 0 Å². The van der Waals surface area contributed by atoms with Crippen molar-refractivity contribution in [1.29, 1.82) is 0 Å². The highest BCUT2D eigenvalue weighted by Crippen LogP contribution is 2.35. The van der Waals surface area contributed by atoms with Gasteiger partial charge in [-0.1, -0.05) is 6.07 Å². The molecule has 1 fully saturated rings. The lowest BCUT2D eigenvalue weighted by molar-refractivity contribution is 0.262. The van der Waals surface area contributed by atoms with E-state index >= 15 is 0 Å². The lowest BCUT2D eigenvalue weighted by Crippen LogP contribution is -2.44. The smallest absolute Gasteiger partial charge is 0.324 e. The van der Waals surface area contributed by atoms with Crippen LogP contribution in [-0.4, -0.2) is 59.3 Å². The van der Waals surface area contributed by atoms with Crippen LogP contribution in [0.5, 0.6) is 0 Å². The summed E-state index contributed by atoms with van der Waals surface area (Å²) in [7, 11) is 2.09. The molecule has 9 heteroatoms. The van der Waals surface area contributed by atoms with Gasteiger partial charge < -0.3 is 15.1 Å². The van der Waals surface area contributed by atoms with E-state index in [0.717, 1.165) is 43.1 Å². The van der Waals surface area contributed by atoms with Crippen LogP contribution in [0.4, 0.5) is 26.5 Å². The van der Waals surface area contributed by atoms with Crippen LogP contribution in [0.3, 0.4) is 0 Å². The van der Waals surface area contributed by atoms with Gasteiger partial charge in [0.15, 0.2) is 5.82 Å². The molecule has 1 aliphatic heterocycles. The third kappa shape index (κ3) is 4.35. The van der Waals surface area contributed by atoms with Crippen molar-refractivity contribution < 1.29 is 9.18 Å². The average Bonchev–Trinajstić information content (AvgIpc) is 3.12. The summed E-state index contributed by atoms with van der Waals surface area (Å²) in [5.74, 6) is 0.837. The second-order valence-electron chi connectivity index (χ2n) is 6.91. The van der Waals surface area contributed by atoms with Crippen LogP contribution in [0.1, 0.15) is 0 Å². The van der Waals surface area contributed by atoms with Crippen molar-refractivity contribution in [1.82, 2.24) is 20.1 Å². The molecule has 4 rings (SSSR count). The van der Waals surface area contributed by atoms with Gasteiger partial charge >= 0.3 is 6.03 Å². The molecular weight excluding hydrogens is 373 g/mol. The van der Waals surface area contributed by atoms with Crippen LogP contribution in [0, 0.1) is 5.82 Å². The van der Waals surface area contributed by atoms with Crippen molar-refractivity contribution in [3.05, 3.63) is 54.6 Å². The van der Waals surface area contributed by atoms with E-state index in [9.17, 15) is 9.18 Å². The maximum absolute atomic E-state index is 13.4. The molecule has 0 aliphatic carbocycles. The van der Waals surface area contributed by atoms with E-state index < -0.39 is 11.8 Å². The SMILES string of the molecule is CN1CCN(c2n[nH]c(NC(=O)Nc3cccc(F)c3)c2-c2ccncc2)CC1. The molecule has 0 saturated carbocycles. The van der Waals surface area contributed by atoms with E-state index in [1.807, 2.05) is 12.1 Å². The molecule has 29 heavy (non-hydrogen) atoms. The number of halogens is 1. The zero-order chi connectivity index (χ0) is 20.2. The van der Waals surface area contributed by atoms with Crippen molar-refractivity contribution in [3.8, 4) is 11.1 Å². The number of anilines is 3. The Labute approximate surface area is 167 Å². The first-order valence-electron chi connectivity index (χ1n) is 9.36. The van der Waals surface area contributed by atoms with Gasteiger partial charge in [0.05, 0.1) is 5.56 Å². The third-order valence-corrected chi connectivity index (χ3v) is 4.84. The molecule has 3 heterocycles. The van der Waals surface area contributed by atoms with Crippen molar-refractivity contribution in [2.24, 2.45) is 0 Å². The lowest BCUT2D eigenvalue weighted by atomic mass is 10.1.